The number of benzene rings is 1. The maximum atomic E-state index is 10.1. The lowest BCUT2D eigenvalue weighted by Crippen LogP contribution is -2.41. The number of rotatable bonds is 8. The molecule has 0 aliphatic carbocycles. The molecule has 156 valence electrons. The minimum Gasteiger partial charge on any atom is -0.497 e. The first-order chi connectivity index (χ1) is 13.8. The molecule has 9 nitrogen and oxygen atoms in total. The molecule has 1 aromatic carbocycles. The van der Waals surface area contributed by atoms with Gasteiger partial charge in [0.1, 0.15) is 18.2 Å². The van der Waals surface area contributed by atoms with Gasteiger partial charge in [-0.25, -0.2) is 4.98 Å². The summed E-state index contributed by atoms with van der Waals surface area (Å²) in [5.74, 6) is 1.55. The van der Waals surface area contributed by atoms with E-state index >= 15 is 0 Å². The zero-order valence-electron chi connectivity index (χ0n) is 17.4. The first kappa shape index (κ1) is 20.8. The van der Waals surface area contributed by atoms with Crippen molar-refractivity contribution in [2.75, 3.05) is 17.3 Å². The molecular weight excluding hydrogens is 372 g/mol. The molecule has 3 rings (SSSR count). The van der Waals surface area contributed by atoms with Crippen LogP contribution in [0.25, 0.3) is 11.2 Å². The van der Waals surface area contributed by atoms with Crippen LogP contribution in [0.1, 0.15) is 39.3 Å². The van der Waals surface area contributed by atoms with E-state index in [1.54, 1.807) is 27.3 Å². The predicted molar refractivity (Wildman–Crippen MR) is 112 cm³/mol. The molecule has 9 heteroatoms. The molecule has 2 aromatic heterocycles. The lowest BCUT2D eigenvalue weighted by molar-refractivity contribution is 0.103. The molecule has 29 heavy (non-hydrogen) atoms. The van der Waals surface area contributed by atoms with E-state index in [2.05, 4.69) is 20.3 Å². The SMILES string of the molecule is COc1ccc(CNc2nc(N(C(C)O)C(C)O)nc3c2ncn3C(C)C)cc1. The molecule has 0 amide bonds. The van der Waals surface area contributed by atoms with Gasteiger partial charge in [0.25, 0.3) is 0 Å². The Morgan fingerprint density at radius 2 is 1.72 bits per heavy atom. The minimum atomic E-state index is -0.961. The fraction of sp³-hybridized carbons (Fsp3) is 0.450. The molecule has 0 spiro atoms. The van der Waals surface area contributed by atoms with Crippen LogP contribution in [-0.4, -0.2) is 49.3 Å². The first-order valence-corrected chi connectivity index (χ1v) is 9.57. The Morgan fingerprint density at radius 1 is 1.07 bits per heavy atom. The summed E-state index contributed by atoms with van der Waals surface area (Å²) in [4.78, 5) is 14.9. The molecule has 0 saturated heterocycles. The van der Waals surface area contributed by atoms with Crippen LogP contribution in [0.5, 0.6) is 5.75 Å². The molecule has 3 aromatic rings. The van der Waals surface area contributed by atoms with E-state index in [4.69, 9.17) is 4.74 Å². The van der Waals surface area contributed by atoms with Crippen molar-refractivity contribution in [3.8, 4) is 5.75 Å². The number of aliphatic hydroxyl groups is 2. The highest BCUT2D eigenvalue weighted by atomic mass is 16.5. The molecule has 0 saturated carbocycles. The fourth-order valence-electron chi connectivity index (χ4n) is 3.10. The number of nitrogens with one attached hydrogen (secondary N) is 1. The third-order valence-electron chi connectivity index (χ3n) is 4.62. The first-order valence-electron chi connectivity index (χ1n) is 9.57. The molecule has 3 N–H and O–H groups in total. The number of methoxy groups -OCH3 is 1. The van der Waals surface area contributed by atoms with E-state index in [0.717, 1.165) is 11.3 Å². The van der Waals surface area contributed by atoms with Crippen LogP contribution in [-0.2, 0) is 6.54 Å². The van der Waals surface area contributed by atoms with Crippen molar-refractivity contribution in [3.05, 3.63) is 36.2 Å². The summed E-state index contributed by atoms with van der Waals surface area (Å²) < 4.78 is 7.13. The third-order valence-corrected chi connectivity index (χ3v) is 4.62. The number of aromatic nitrogens is 4. The van der Waals surface area contributed by atoms with Gasteiger partial charge in [0, 0.05) is 12.6 Å². The largest absolute Gasteiger partial charge is 0.497 e. The average molecular weight is 400 g/mol. The Labute approximate surface area is 170 Å². The molecule has 0 fully saturated rings. The van der Waals surface area contributed by atoms with Crippen LogP contribution in [0.3, 0.4) is 0 Å². The number of anilines is 2. The molecule has 2 unspecified atom stereocenters. The van der Waals surface area contributed by atoms with Crippen LogP contribution in [0.2, 0.25) is 0 Å². The van der Waals surface area contributed by atoms with Crippen LogP contribution >= 0.6 is 0 Å². The van der Waals surface area contributed by atoms with Crippen molar-refractivity contribution in [1.82, 2.24) is 19.5 Å². The summed E-state index contributed by atoms with van der Waals surface area (Å²) in [5.41, 5.74) is 2.31. The molecule has 2 atom stereocenters. The highest BCUT2D eigenvalue weighted by Crippen LogP contribution is 2.26. The van der Waals surface area contributed by atoms with Crippen LogP contribution in [0, 0.1) is 0 Å². The molecule has 0 aliphatic heterocycles. The number of aliphatic hydroxyl groups excluding tert-OH is 2. The van der Waals surface area contributed by atoms with E-state index in [0.29, 0.717) is 23.5 Å². The molecular formula is C20H28N6O3. The Balaban J connectivity index is 2.01. The number of ether oxygens (including phenoxy) is 1. The Bertz CT molecular complexity index is 945. The van der Waals surface area contributed by atoms with Crippen molar-refractivity contribution in [2.24, 2.45) is 0 Å². The highest BCUT2D eigenvalue weighted by Gasteiger charge is 2.23. The van der Waals surface area contributed by atoms with E-state index in [1.165, 1.54) is 4.90 Å². The van der Waals surface area contributed by atoms with Gasteiger partial charge in [-0.15, -0.1) is 0 Å². The van der Waals surface area contributed by atoms with Gasteiger partial charge in [-0.2, -0.15) is 9.97 Å². The van der Waals surface area contributed by atoms with Crippen LogP contribution in [0.4, 0.5) is 11.8 Å². The quantitative estimate of drug-likeness (QED) is 0.495. The summed E-state index contributed by atoms with van der Waals surface area (Å²) in [6.45, 7) is 7.71. The van der Waals surface area contributed by atoms with Crippen LogP contribution in [0.15, 0.2) is 30.6 Å². The summed E-state index contributed by atoms with van der Waals surface area (Å²) in [5, 5.41) is 23.5. The maximum Gasteiger partial charge on any atom is 0.233 e. The number of imidazole rings is 1. The van der Waals surface area contributed by atoms with Gasteiger partial charge in [-0.05, 0) is 45.4 Å². The molecule has 0 aliphatic rings. The van der Waals surface area contributed by atoms with Crippen molar-refractivity contribution in [2.45, 2.75) is 52.7 Å². The highest BCUT2D eigenvalue weighted by molar-refractivity contribution is 5.84. The lowest BCUT2D eigenvalue weighted by atomic mass is 10.2. The van der Waals surface area contributed by atoms with E-state index in [1.807, 2.05) is 42.7 Å². The number of nitrogens with zero attached hydrogens (tertiary/aromatic N) is 5. The van der Waals surface area contributed by atoms with Gasteiger partial charge in [-0.3, -0.25) is 4.90 Å². The van der Waals surface area contributed by atoms with Gasteiger partial charge in [0.15, 0.2) is 17.0 Å². The van der Waals surface area contributed by atoms with Gasteiger partial charge < -0.3 is 24.8 Å². The van der Waals surface area contributed by atoms with Gasteiger partial charge >= 0.3 is 0 Å². The van der Waals surface area contributed by atoms with Gasteiger partial charge in [0.05, 0.1) is 13.4 Å². The second kappa shape index (κ2) is 8.62. The average Bonchev–Trinajstić information content (AvgIpc) is 3.10. The minimum absolute atomic E-state index is 0.142. The zero-order chi connectivity index (χ0) is 21.1. The lowest BCUT2D eigenvalue weighted by Gasteiger charge is -2.28. The summed E-state index contributed by atoms with van der Waals surface area (Å²) >= 11 is 0. The second-order valence-electron chi connectivity index (χ2n) is 7.16. The summed E-state index contributed by atoms with van der Waals surface area (Å²) in [7, 11) is 1.63. The standard InChI is InChI=1S/C20H28N6O3/c1-12(2)25-11-22-17-18(21-10-15-6-8-16(29-5)9-7-15)23-20(24-19(17)25)26(13(3)27)14(4)28/h6-9,11-14,27-28H,10H2,1-5H3,(H,21,23,24). The summed E-state index contributed by atoms with van der Waals surface area (Å²) in [6.07, 6.45) is -0.198. The Morgan fingerprint density at radius 3 is 2.28 bits per heavy atom. The van der Waals surface area contributed by atoms with Gasteiger partial charge in [0.2, 0.25) is 5.95 Å². The van der Waals surface area contributed by atoms with Gasteiger partial charge in [-0.1, -0.05) is 12.1 Å². The summed E-state index contributed by atoms with van der Waals surface area (Å²) in [6, 6.07) is 7.87. The van der Waals surface area contributed by atoms with Crippen LogP contribution < -0.4 is 15.0 Å². The third kappa shape index (κ3) is 4.41. The molecule has 2 heterocycles. The van der Waals surface area contributed by atoms with E-state index < -0.39 is 12.5 Å². The number of hydrogen-bond acceptors (Lipinski definition) is 8. The molecule has 0 radical (unpaired) electrons. The number of hydrogen-bond donors (Lipinski definition) is 3. The monoisotopic (exact) mass is 400 g/mol. The van der Waals surface area contributed by atoms with Crippen molar-refractivity contribution >= 4 is 22.9 Å². The predicted octanol–water partition coefficient (Wildman–Crippen LogP) is 2.51. The number of fused-ring (bicyclic) bond motifs is 1. The van der Waals surface area contributed by atoms with Crippen molar-refractivity contribution in [1.29, 1.82) is 0 Å². The zero-order valence-corrected chi connectivity index (χ0v) is 17.4. The maximum absolute atomic E-state index is 10.1. The normalized spacial score (nSPS) is 13.5. The van der Waals surface area contributed by atoms with E-state index in [9.17, 15) is 10.2 Å². The fourth-order valence-corrected chi connectivity index (χ4v) is 3.10. The smallest absolute Gasteiger partial charge is 0.233 e. The van der Waals surface area contributed by atoms with Crippen molar-refractivity contribution in [3.63, 3.8) is 0 Å². The Kier molecular flexibility index (Phi) is 6.19. The topological polar surface area (TPSA) is 109 Å². The second-order valence-corrected chi connectivity index (χ2v) is 7.16. The van der Waals surface area contributed by atoms with E-state index in [-0.39, 0.29) is 12.0 Å². The van der Waals surface area contributed by atoms with Crippen molar-refractivity contribution < 1.29 is 14.9 Å². The molecule has 0 bridgehead atoms. The Hall–Kier alpha value is -2.91.